The topological polar surface area (TPSA) is 9.23 Å². The molecule has 36 heavy (non-hydrogen) atoms. The van der Waals surface area contributed by atoms with Gasteiger partial charge in [0, 0.05) is 5.57 Å². The van der Waals surface area contributed by atoms with E-state index < -0.39 is 23.2 Å². The monoisotopic (exact) mass is 492 g/mol. The average molecular weight is 493 g/mol. The molecule has 0 saturated heterocycles. The van der Waals surface area contributed by atoms with E-state index in [1.807, 2.05) is 26.8 Å². The molecule has 1 nitrogen and oxygen atoms in total. The smallest absolute Gasteiger partial charge is 0.200 e. The van der Waals surface area contributed by atoms with Gasteiger partial charge in [0.1, 0.15) is 12.4 Å². The molecule has 4 heteroatoms. The lowest BCUT2D eigenvalue weighted by Gasteiger charge is -2.16. The number of hydrogen-bond donors (Lipinski definition) is 0. The van der Waals surface area contributed by atoms with Crippen LogP contribution in [0.4, 0.5) is 13.2 Å². The van der Waals surface area contributed by atoms with Crippen molar-refractivity contribution in [1.29, 1.82) is 0 Å². The Morgan fingerprint density at radius 3 is 2.11 bits per heavy atom. The highest BCUT2D eigenvalue weighted by Gasteiger charge is 2.16. The van der Waals surface area contributed by atoms with Gasteiger partial charge in [-0.3, -0.25) is 0 Å². The van der Waals surface area contributed by atoms with Crippen molar-refractivity contribution in [3.63, 3.8) is 0 Å². The zero-order valence-corrected chi connectivity index (χ0v) is 21.5. The number of hydrogen-bond acceptors (Lipinski definition) is 1. The van der Waals surface area contributed by atoms with Gasteiger partial charge in [0.25, 0.3) is 0 Å². The van der Waals surface area contributed by atoms with Gasteiger partial charge in [-0.2, -0.15) is 4.39 Å². The molecule has 0 aliphatic rings. The van der Waals surface area contributed by atoms with Crippen LogP contribution in [-0.4, -0.2) is 6.61 Å². The van der Waals surface area contributed by atoms with Crippen LogP contribution in [0.15, 0.2) is 140 Å². The first-order valence-electron chi connectivity index (χ1n) is 11.4. The molecular formula is C32H35F3O. The van der Waals surface area contributed by atoms with E-state index in [0.717, 1.165) is 11.1 Å². The van der Waals surface area contributed by atoms with Crippen molar-refractivity contribution in [1.82, 2.24) is 0 Å². The van der Waals surface area contributed by atoms with E-state index in [2.05, 4.69) is 58.2 Å². The normalized spacial score (nSPS) is 13.0. The Kier molecular flexibility index (Phi) is 11.7. The predicted molar refractivity (Wildman–Crippen MR) is 147 cm³/mol. The molecule has 1 unspecified atom stereocenters. The third-order valence-electron chi connectivity index (χ3n) is 5.59. The summed E-state index contributed by atoms with van der Waals surface area (Å²) in [4.78, 5) is 0. The molecular weight excluding hydrogens is 457 g/mol. The summed E-state index contributed by atoms with van der Waals surface area (Å²) < 4.78 is 48.3. The summed E-state index contributed by atoms with van der Waals surface area (Å²) in [6.45, 7) is 31.5. The zero-order chi connectivity index (χ0) is 27.6. The van der Waals surface area contributed by atoms with Gasteiger partial charge in [-0.1, -0.05) is 95.0 Å². The largest absolute Gasteiger partial charge is 0.487 e. The van der Waals surface area contributed by atoms with Gasteiger partial charge in [-0.25, -0.2) is 8.78 Å². The molecule has 0 radical (unpaired) electrons. The van der Waals surface area contributed by atoms with Crippen molar-refractivity contribution in [3.8, 4) is 0 Å². The minimum absolute atomic E-state index is 0.0182. The van der Waals surface area contributed by atoms with Gasteiger partial charge in [0.2, 0.25) is 5.83 Å². The summed E-state index contributed by atoms with van der Waals surface area (Å²) in [7, 11) is 0. The molecule has 190 valence electrons. The second-order valence-electron chi connectivity index (χ2n) is 8.59. The molecule has 0 aliphatic heterocycles. The number of rotatable bonds is 14. The van der Waals surface area contributed by atoms with Gasteiger partial charge in [-0.15, -0.1) is 0 Å². The fraction of sp³-hybridized carbons (Fsp3) is 0.188. The molecule has 1 atom stereocenters. The van der Waals surface area contributed by atoms with Crippen LogP contribution in [0.1, 0.15) is 23.6 Å². The van der Waals surface area contributed by atoms with Gasteiger partial charge in [-0.05, 0) is 65.7 Å². The highest BCUT2D eigenvalue weighted by atomic mass is 19.2. The van der Waals surface area contributed by atoms with Crippen molar-refractivity contribution in [2.24, 2.45) is 5.92 Å². The van der Waals surface area contributed by atoms with Crippen LogP contribution >= 0.6 is 0 Å². The van der Waals surface area contributed by atoms with E-state index in [4.69, 9.17) is 4.74 Å². The Balaban J connectivity index is 2.84. The average Bonchev–Trinajstić information content (AvgIpc) is 2.84. The SMILES string of the molecule is C=CCOC(=C)/C(F)=C(/F)C(=C)C(=C)/C=C\C(=C)C(=C)/C=C(/F)C(=C)C(C)Cc1ccc(C)cc1C. The molecule has 1 aromatic rings. The van der Waals surface area contributed by atoms with Crippen LogP contribution in [0, 0.1) is 19.8 Å². The molecule has 0 bridgehead atoms. The summed E-state index contributed by atoms with van der Waals surface area (Å²) in [5, 5.41) is 0. The molecule has 0 N–H and O–H groups in total. The maximum atomic E-state index is 14.9. The summed E-state index contributed by atoms with van der Waals surface area (Å²) in [5.74, 6) is -3.63. The summed E-state index contributed by atoms with van der Waals surface area (Å²) >= 11 is 0. The second-order valence-corrected chi connectivity index (χ2v) is 8.59. The van der Waals surface area contributed by atoms with E-state index in [1.165, 1.54) is 29.9 Å². The standard InChI is InChI=1S/C32H35F3O/c1-11-16-36-28(10)32(35)31(34)27(9)22(4)14-13-21(3)23(5)19-30(33)26(8)24(6)18-29-15-12-20(2)17-25(29)7/h11-15,17,19,24H,1,3-5,8-10,16,18H2,2,6-7H3/b14-13-,30-19+,32-31-. The zero-order valence-electron chi connectivity index (χ0n) is 21.5. The molecule has 0 fully saturated rings. The van der Waals surface area contributed by atoms with E-state index in [9.17, 15) is 13.2 Å². The molecule has 0 amide bonds. The molecule has 0 saturated carbocycles. The van der Waals surface area contributed by atoms with E-state index in [1.54, 1.807) is 0 Å². The molecule has 0 heterocycles. The molecule has 1 rings (SSSR count). The van der Waals surface area contributed by atoms with E-state index >= 15 is 0 Å². The first-order chi connectivity index (χ1) is 16.8. The highest BCUT2D eigenvalue weighted by molar-refractivity contribution is 5.53. The van der Waals surface area contributed by atoms with Gasteiger partial charge < -0.3 is 4.74 Å². The second kappa shape index (κ2) is 13.9. The Morgan fingerprint density at radius 1 is 0.917 bits per heavy atom. The Bertz CT molecular complexity index is 1190. The number of benzene rings is 1. The van der Waals surface area contributed by atoms with Crippen LogP contribution < -0.4 is 0 Å². The Labute approximate surface area is 214 Å². The quantitative estimate of drug-likeness (QED) is 0.143. The van der Waals surface area contributed by atoms with Crippen molar-refractivity contribution in [2.75, 3.05) is 6.61 Å². The maximum Gasteiger partial charge on any atom is 0.200 e. The lowest BCUT2D eigenvalue weighted by atomic mass is 9.90. The minimum atomic E-state index is -1.28. The third-order valence-corrected chi connectivity index (χ3v) is 5.59. The maximum absolute atomic E-state index is 14.9. The van der Waals surface area contributed by atoms with Crippen LogP contribution in [0.25, 0.3) is 0 Å². The minimum Gasteiger partial charge on any atom is -0.487 e. The van der Waals surface area contributed by atoms with Gasteiger partial charge >= 0.3 is 0 Å². The summed E-state index contributed by atoms with van der Waals surface area (Å²) in [6.07, 6.45) is 6.15. The van der Waals surface area contributed by atoms with Crippen molar-refractivity contribution >= 4 is 0 Å². The van der Waals surface area contributed by atoms with Crippen LogP contribution in [0.3, 0.4) is 0 Å². The molecule has 0 aromatic heterocycles. The van der Waals surface area contributed by atoms with Crippen molar-refractivity contribution in [3.05, 3.63) is 156 Å². The number of halogens is 3. The molecule has 1 aromatic carbocycles. The third kappa shape index (κ3) is 8.77. The van der Waals surface area contributed by atoms with Crippen LogP contribution in [-0.2, 0) is 11.2 Å². The predicted octanol–water partition coefficient (Wildman–Crippen LogP) is 9.54. The fourth-order valence-electron chi connectivity index (χ4n) is 3.13. The molecule has 0 aliphatic carbocycles. The Morgan fingerprint density at radius 2 is 1.53 bits per heavy atom. The first kappa shape index (κ1) is 30.2. The lowest BCUT2D eigenvalue weighted by molar-refractivity contribution is 0.241. The fourth-order valence-corrected chi connectivity index (χ4v) is 3.13. The summed E-state index contributed by atoms with van der Waals surface area (Å²) in [5.41, 5.74) is 4.28. The highest BCUT2D eigenvalue weighted by Crippen LogP contribution is 2.28. The van der Waals surface area contributed by atoms with Crippen LogP contribution in [0.5, 0.6) is 0 Å². The van der Waals surface area contributed by atoms with E-state index in [0.29, 0.717) is 23.1 Å². The summed E-state index contributed by atoms with van der Waals surface area (Å²) in [6, 6.07) is 6.19. The number of allylic oxidation sites excluding steroid dienone is 11. The van der Waals surface area contributed by atoms with Crippen LogP contribution in [0.2, 0.25) is 0 Å². The first-order valence-corrected chi connectivity index (χ1v) is 11.4. The number of aryl methyl sites for hydroxylation is 2. The van der Waals surface area contributed by atoms with Crippen molar-refractivity contribution < 1.29 is 17.9 Å². The lowest BCUT2D eigenvalue weighted by Crippen LogP contribution is -2.05. The Hall–Kier alpha value is -3.79. The van der Waals surface area contributed by atoms with Gasteiger partial charge in [0.15, 0.2) is 11.6 Å². The number of ether oxygens (including phenoxy) is 1. The van der Waals surface area contributed by atoms with Gasteiger partial charge in [0.05, 0.1) is 0 Å². The van der Waals surface area contributed by atoms with E-state index in [-0.39, 0.29) is 23.7 Å². The van der Waals surface area contributed by atoms with Crippen molar-refractivity contribution in [2.45, 2.75) is 27.2 Å². The molecule has 0 spiro atoms.